The first-order chi connectivity index (χ1) is 15.2. The minimum Gasteiger partial charge on any atom is -0.508 e. The van der Waals surface area contributed by atoms with Crippen LogP contribution in [0.3, 0.4) is 0 Å². The largest absolute Gasteiger partial charge is 0.508 e. The van der Waals surface area contributed by atoms with Crippen molar-refractivity contribution < 1.29 is 9.84 Å². The Morgan fingerprint density at radius 3 is 2.47 bits per heavy atom. The molecule has 32 heavy (non-hydrogen) atoms. The van der Waals surface area contributed by atoms with E-state index in [4.69, 9.17) is 4.74 Å². The number of nitrogens with zero attached hydrogens (tertiary/aromatic N) is 1. The minimum absolute atomic E-state index is 0. The SMILES string of the molecule is Cl.Oc1ccc(-c2cccc(N3CCCC(OCc4ccc5ccccc5c4)C3)c2)cc1. The molecule has 0 bridgehead atoms. The lowest BCUT2D eigenvalue weighted by atomic mass is 10.0. The van der Waals surface area contributed by atoms with Crippen molar-refractivity contribution >= 4 is 28.9 Å². The summed E-state index contributed by atoms with van der Waals surface area (Å²) in [6.45, 7) is 2.61. The molecule has 1 unspecified atom stereocenters. The fraction of sp³-hybridized carbons (Fsp3) is 0.214. The second kappa shape index (κ2) is 10.1. The fourth-order valence-corrected chi connectivity index (χ4v) is 4.39. The monoisotopic (exact) mass is 445 g/mol. The highest BCUT2D eigenvalue weighted by molar-refractivity contribution is 5.85. The zero-order valence-electron chi connectivity index (χ0n) is 18.0. The number of fused-ring (bicyclic) bond motifs is 1. The molecule has 1 fully saturated rings. The van der Waals surface area contributed by atoms with Gasteiger partial charge in [-0.3, -0.25) is 0 Å². The van der Waals surface area contributed by atoms with E-state index in [1.54, 1.807) is 12.1 Å². The number of hydrogen-bond donors (Lipinski definition) is 1. The highest BCUT2D eigenvalue weighted by atomic mass is 35.5. The number of aromatic hydroxyl groups is 1. The zero-order valence-corrected chi connectivity index (χ0v) is 18.8. The van der Waals surface area contributed by atoms with Crippen LogP contribution in [-0.2, 0) is 11.3 Å². The second-order valence-electron chi connectivity index (χ2n) is 8.30. The van der Waals surface area contributed by atoms with Gasteiger partial charge in [0.15, 0.2) is 0 Å². The second-order valence-corrected chi connectivity index (χ2v) is 8.30. The summed E-state index contributed by atoms with van der Waals surface area (Å²) in [6.07, 6.45) is 2.46. The number of benzene rings is 4. The van der Waals surface area contributed by atoms with Crippen LogP contribution < -0.4 is 4.90 Å². The van der Waals surface area contributed by atoms with Gasteiger partial charge in [0.1, 0.15) is 5.75 Å². The third kappa shape index (κ3) is 5.07. The maximum atomic E-state index is 9.55. The average molecular weight is 446 g/mol. The molecule has 1 N–H and O–H groups in total. The van der Waals surface area contributed by atoms with Gasteiger partial charge in [-0.25, -0.2) is 0 Å². The molecule has 3 nitrogen and oxygen atoms in total. The topological polar surface area (TPSA) is 32.7 Å². The van der Waals surface area contributed by atoms with Crippen LogP contribution in [0.4, 0.5) is 5.69 Å². The molecule has 4 aromatic rings. The summed E-state index contributed by atoms with van der Waals surface area (Å²) in [4.78, 5) is 2.43. The quantitative estimate of drug-likeness (QED) is 0.366. The molecular weight excluding hydrogens is 418 g/mol. The van der Waals surface area contributed by atoms with Crippen LogP contribution in [0.2, 0.25) is 0 Å². The Hall–Kier alpha value is -3.01. The van der Waals surface area contributed by atoms with Crippen molar-refractivity contribution in [2.45, 2.75) is 25.6 Å². The van der Waals surface area contributed by atoms with E-state index in [0.717, 1.165) is 37.1 Å². The van der Waals surface area contributed by atoms with Crippen LogP contribution >= 0.6 is 12.4 Å². The van der Waals surface area contributed by atoms with Gasteiger partial charge in [-0.15, -0.1) is 12.4 Å². The van der Waals surface area contributed by atoms with Gasteiger partial charge in [0.2, 0.25) is 0 Å². The molecule has 0 saturated carbocycles. The minimum atomic E-state index is 0. The molecule has 0 aliphatic carbocycles. The van der Waals surface area contributed by atoms with Crippen molar-refractivity contribution in [3.05, 3.63) is 96.6 Å². The van der Waals surface area contributed by atoms with Gasteiger partial charge in [-0.2, -0.15) is 0 Å². The maximum absolute atomic E-state index is 9.55. The third-order valence-electron chi connectivity index (χ3n) is 6.09. The van der Waals surface area contributed by atoms with Gasteiger partial charge >= 0.3 is 0 Å². The summed E-state index contributed by atoms with van der Waals surface area (Å²) < 4.78 is 6.33. The van der Waals surface area contributed by atoms with E-state index < -0.39 is 0 Å². The highest BCUT2D eigenvalue weighted by Crippen LogP contribution is 2.28. The zero-order chi connectivity index (χ0) is 21.0. The summed E-state index contributed by atoms with van der Waals surface area (Å²) in [7, 11) is 0. The summed E-state index contributed by atoms with van der Waals surface area (Å²) in [5.74, 6) is 0.294. The van der Waals surface area contributed by atoms with Gasteiger partial charge < -0.3 is 14.7 Å². The highest BCUT2D eigenvalue weighted by Gasteiger charge is 2.21. The van der Waals surface area contributed by atoms with E-state index in [9.17, 15) is 5.11 Å². The van der Waals surface area contributed by atoms with Crippen molar-refractivity contribution in [1.29, 1.82) is 0 Å². The van der Waals surface area contributed by atoms with Crippen molar-refractivity contribution in [2.24, 2.45) is 0 Å². The van der Waals surface area contributed by atoms with Gasteiger partial charge in [-0.05, 0) is 70.6 Å². The standard InChI is InChI=1S/C28H27NO2.ClH/c30-27-14-12-23(13-15-27)25-7-3-8-26(18-25)29-16-4-9-28(19-29)31-20-21-10-11-22-5-1-2-6-24(22)17-21;/h1-3,5-8,10-15,17-18,28,30H,4,9,16,19-20H2;1H. The molecule has 4 heteroatoms. The van der Waals surface area contributed by atoms with E-state index >= 15 is 0 Å². The number of hydrogen-bond acceptors (Lipinski definition) is 3. The van der Waals surface area contributed by atoms with E-state index in [1.807, 2.05) is 12.1 Å². The predicted molar refractivity (Wildman–Crippen MR) is 135 cm³/mol. The first-order valence-corrected chi connectivity index (χ1v) is 11.0. The van der Waals surface area contributed by atoms with E-state index in [2.05, 4.69) is 71.6 Å². The molecule has 5 rings (SSSR count). The van der Waals surface area contributed by atoms with Gasteiger partial charge in [0.05, 0.1) is 12.7 Å². The van der Waals surface area contributed by atoms with Crippen LogP contribution in [0, 0.1) is 0 Å². The van der Waals surface area contributed by atoms with Crippen LogP contribution in [0.25, 0.3) is 21.9 Å². The number of piperidine rings is 1. The lowest BCUT2D eigenvalue weighted by molar-refractivity contribution is 0.0316. The first kappa shape index (κ1) is 22.2. The van der Waals surface area contributed by atoms with E-state index in [1.165, 1.54) is 22.0 Å². The Balaban J connectivity index is 0.00000245. The summed E-state index contributed by atoms with van der Waals surface area (Å²) in [6, 6.07) is 31.1. The van der Waals surface area contributed by atoms with Crippen LogP contribution in [0.5, 0.6) is 5.75 Å². The Bertz CT molecular complexity index is 1180. The lowest BCUT2D eigenvalue weighted by Gasteiger charge is -2.34. The Morgan fingerprint density at radius 1 is 0.812 bits per heavy atom. The molecule has 1 heterocycles. The van der Waals surface area contributed by atoms with Gasteiger partial charge in [0, 0.05) is 18.8 Å². The van der Waals surface area contributed by atoms with Crippen molar-refractivity contribution in [3.8, 4) is 16.9 Å². The smallest absolute Gasteiger partial charge is 0.115 e. The summed E-state index contributed by atoms with van der Waals surface area (Å²) >= 11 is 0. The number of phenols is 1. The number of phenolic OH excluding ortho intramolecular Hbond substituents is 1. The fourth-order valence-electron chi connectivity index (χ4n) is 4.39. The third-order valence-corrected chi connectivity index (χ3v) is 6.09. The molecule has 0 amide bonds. The molecule has 4 aromatic carbocycles. The average Bonchev–Trinajstić information content (AvgIpc) is 2.83. The molecule has 1 aliphatic rings. The normalized spacial score (nSPS) is 16.0. The predicted octanol–water partition coefficient (Wildman–Crippen LogP) is 6.82. The van der Waals surface area contributed by atoms with Gasteiger partial charge in [-0.1, -0.05) is 60.7 Å². The van der Waals surface area contributed by atoms with Crippen LogP contribution in [0.1, 0.15) is 18.4 Å². The van der Waals surface area contributed by atoms with Crippen molar-refractivity contribution in [2.75, 3.05) is 18.0 Å². The molecule has 0 spiro atoms. The molecule has 0 aromatic heterocycles. The molecule has 1 atom stereocenters. The Morgan fingerprint density at radius 2 is 1.62 bits per heavy atom. The molecule has 1 saturated heterocycles. The maximum Gasteiger partial charge on any atom is 0.115 e. The molecule has 0 radical (unpaired) electrons. The van der Waals surface area contributed by atoms with Crippen LogP contribution in [-0.4, -0.2) is 24.3 Å². The summed E-state index contributed by atoms with van der Waals surface area (Å²) in [5, 5.41) is 12.1. The van der Waals surface area contributed by atoms with Crippen LogP contribution in [0.15, 0.2) is 91.0 Å². The van der Waals surface area contributed by atoms with E-state index in [-0.39, 0.29) is 18.5 Å². The number of halogens is 1. The van der Waals surface area contributed by atoms with Crippen molar-refractivity contribution in [3.63, 3.8) is 0 Å². The van der Waals surface area contributed by atoms with Crippen molar-refractivity contribution in [1.82, 2.24) is 0 Å². The van der Waals surface area contributed by atoms with E-state index in [0.29, 0.717) is 12.4 Å². The molecule has 1 aliphatic heterocycles. The van der Waals surface area contributed by atoms with Gasteiger partial charge in [0.25, 0.3) is 0 Å². The molecule has 164 valence electrons. The Labute approximate surface area is 195 Å². The number of anilines is 1. The first-order valence-electron chi connectivity index (χ1n) is 11.0. The number of ether oxygens (including phenoxy) is 1. The Kier molecular flexibility index (Phi) is 6.99. The summed E-state index contributed by atoms with van der Waals surface area (Å²) in [5.41, 5.74) is 4.73. The lowest BCUT2D eigenvalue weighted by Crippen LogP contribution is -2.39. The molecular formula is C28H28ClNO2. The number of rotatable bonds is 5.